The van der Waals surface area contributed by atoms with E-state index in [1.807, 2.05) is 12.1 Å². The molecule has 0 saturated carbocycles. The summed E-state index contributed by atoms with van der Waals surface area (Å²) in [6, 6.07) is 8.93. The van der Waals surface area contributed by atoms with Gasteiger partial charge in [-0.15, -0.1) is 0 Å². The Bertz CT molecular complexity index is 687. The van der Waals surface area contributed by atoms with Crippen LogP contribution in [0.4, 0.5) is 8.78 Å². The van der Waals surface area contributed by atoms with Crippen LogP contribution in [-0.2, 0) is 0 Å². The average Bonchev–Trinajstić information content (AvgIpc) is 2.58. The molecular weight excluding hydrogens is 302 g/mol. The van der Waals surface area contributed by atoms with Gasteiger partial charge < -0.3 is 15.5 Å². The predicted molar refractivity (Wildman–Crippen MR) is 84.8 cm³/mol. The molecule has 1 fully saturated rings. The molecule has 3 rings (SSSR count). The van der Waals surface area contributed by atoms with Gasteiger partial charge in [-0.25, -0.2) is 8.78 Å². The van der Waals surface area contributed by atoms with Gasteiger partial charge in [0.2, 0.25) is 0 Å². The number of hydrogen-bond acceptors (Lipinski definition) is 4. The minimum absolute atomic E-state index is 0.166. The number of benzene rings is 2. The number of halogens is 2. The first-order chi connectivity index (χ1) is 11.0. The molecule has 0 amide bonds. The Kier molecular flexibility index (Phi) is 4.48. The normalized spacial score (nSPS) is 18.2. The Morgan fingerprint density at radius 2 is 1.83 bits per heavy atom. The summed E-state index contributed by atoms with van der Waals surface area (Å²) in [7, 11) is 0. The van der Waals surface area contributed by atoms with Gasteiger partial charge in [0, 0.05) is 31.7 Å². The van der Waals surface area contributed by atoms with Crippen molar-refractivity contribution in [1.29, 1.82) is 0 Å². The molecule has 23 heavy (non-hydrogen) atoms. The Balaban J connectivity index is 2.18. The molecule has 1 heterocycles. The van der Waals surface area contributed by atoms with E-state index in [0.717, 1.165) is 5.39 Å². The number of phenolic OH excluding ortho intramolecular Hbond substituents is 1. The number of alkyl halides is 2. The minimum Gasteiger partial charge on any atom is -0.508 e. The summed E-state index contributed by atoms with van der Waals surface area (Å²) in [6.45, 7) is 0.809. The van der Waals surface area contributed by atoms with E-state index in [-0.39, 0.29) is 11.3 Å². The maximum absolute atomic E-state index is 14.6. The number of aliphatic hydroxyl groups is 1. The molecule has 4 nitrogen and oxygen atoms in total. The van der Waals surface area contributed by atoms with Crippen LogP contribution < -0.4 is 5.32 Å². The van der Waals surface area contributed by atoms with Gasteiger partial charge in [0.25, 0.3) is 5.92 Å². The van der Waals surface area contributed by atoms with Crippen molar-refractivity contribution in [3.8, 4) is 5.75 Å². The van der Waals surface area contributed by atoms with Crippen LogP contribution in [0.3, 0.4) is 0 Å². The average molecular weight is 322 g/mol. The number of hydrogen-bond donors (Lipinski definition) is 3. The third-order valence-corrected chi connectivity index (χ3v) is 4.35. The Hall–Kier alpha value is -1.76. The molecule has 6 heteroatoms. The van der Waals surface area contributed by atoms with Crippen molar-refractivity contribution in [1.82, 2.24) is 10.2 Å². The molecule has 1 atom stereocenters. The second-order valence-corrected chi connectivity index (χ2v) is 5.83. The summed E-state index contributed by atoms with van der Waals surface area (Å²) < 4.78 is 29.1. The van der Waals surface area contributed by atoms with E-state index in [1.54, 1.807) is 23.1 Å². The molecule has 1 aliphatic rings. The second-order valence-electron chi connectivity index (χ2n) is 5.83. The minimum atomic E-state index is -3.35. The maximum atomic E-state index is 14.6. The van der Waals surface area contributed by atoms with Crippen LogP contribution in [-0.4, -0.2) is 53.8 Å². The van der Waals surface area contributed by atoms with Crippen molar-refractivity contribution in [3.63, 3.8) is 0 Å². The van der Waals surface area contributed by atoms with E-state index in [4.69, 9.17) is 0 Å². The number of rotatable bonds is 4. The van der Waals surface area contributed by atoms with Crippen LogP contribution in [0.5, 0.6) is 5.75 Å². The predicted octanol–water partition coefficient (Wildman–Crippen LogP) is 2.12. The summed E-state index contributed by atoms with van der Waals surface area (Å²) in [5.41, 5.74) is 0.184. The van der Waals surface area contributed by atoms with Crippen molar-refractivity contribution in [2.75, 3.05) is 32.8 Å². The molecule has 2 aromatic rings. The Morgan fingerprint density at radius 1 is 1.13 bits per heavy atom. The van der Waals surface area contributed by atoms with Gasteiger partial charge in [-0.1, -0.05) is 30.3 Å². The van der Waals surface area contributed by atoms with Crippen molar-refractivity contribution in [3.05, 3.63) is 42.0 Å². The smallest absolute Gasteiger partial charge is 0.290 e. The number of aliphatic hydroxyl groups excluding tert-OH is 1. The van der Waals surface area contributed by atoms with Gasteiger partial charge in [-0.2, -0.15) is 0 Å². The molecule has 3 N–H and O–H groups in total. The third kappa shape index (κ3) is 3.02. The molecule has 124 valence electrons. The zero-order chi connectivity index (χ0) is 16.4. The maximum Gasteiger partial charge on any atom is 0.290 e. The fourth-order valence-electron chi connectivity index (χ4n) is 3.26. The van der Waals surface area contributed by atoms with Gasteiger partial charge in [0.15, 0.2) is 0 Å². The highest BCUT2D eigenvalue weighted by molar-refractivity contribution is 5.88. The Labute approximate surface area is 133 Å². The molecular formula is C17H20F2N2O2. The quantitative estimate of drug-likeness (QED) is 0.807. The molecule has 0 radical (unpaired) electrons. The van der Waals surface area contributed by atoms with Crippen LogP contribution in [0.2, 0.25) is 0 Å². The third-order valence-electron chi connectivity index (χ3n) is 4.35. The van der Waals surface area contributed by atoms with Gasteiger partial charge in [0.05, 0.1) is 0 Å². The lowest BCUT2D eigenvalue weighted by molar-refractivity contribution is -0.118. The zero-order valence-electron chi connectivity index (χ0n) is 12.7. The summed E-state index contributed by atoms with van der Waals surface area (Å²) in [4.78, 5) is 1.63. The molecule has 0 aromatic heterocycles. The highest BCUT2D eigenvalue weighted by Gasteiger charge is 2.45. The summed E-state index contributed by atoms with van der Waals surface area (Å²) in [5, 5.41) is 24.1. The summed E-state index contributed by atoms with van der Waals surface area (Å²) >= 11 is 0. The van der Waals surface area contributed by atoms with E-state index < -0.39 is 18.6 Å². The molecule has 0 bridgehead atoms. The summed E-state index contributed by atoms with van der Waals surface area (Å²) in [6.07, 6.45) is 0. The van der Waals surface area contributed by atoms with Crippen LogP contribution >= 0.6 is 0 Å². The van der Waals surface area contributed by atoms with Crippen LogP contribution in [0.15, 0.2) is 36.4 Å². The fourth-order valence-corrected chi connectivity index (χ4v) is 3.26. The monoisotopic (exact) mass is 322 g/mol. The van der Waals surface area contributed by atoms with Gasteiger partial charge in [0.1, 0.15) is 18.4 Å². The molecule has 1 saturated heterocycles. The molecule has 0 aliphatic carbocycles. The summed E-state index contributed by atoms with van der Waals surface area (Å²) in [5.74, 6) is -3.51. The molecule has 1 aliphatic heterocycles. The van der Waals surface area contributed by atoms with E-state index in [2.05, 4.69) is 5.32 Å². The van der Waals surface area contributed by atoms with Crippen molar-refractivity contribution in [2.45, 2.75) is 12.0 Å². The van der Waals surface area contributed by atoms with Crippen molar-refractivity contribution in [2.24, 2.45) is 0 Å². The number of fused-ring (bicyclic) bond motifs is 1. The van der Waals surface area contributed by atoms with E-state index in [1.165, 1.54) is 6.07 Å². The highest BCUT2D eigenvalue weighted by atomic mass is 19.3. The lowest BCUT2D eigenvalue weighted by atomic mass is 9.92. The number of piperazine rings is 1. The lowest BCUT2D eigenvalue weighted by Crippen LogP contribution is -2.51. The molecule has 0 spiro atoms. The van der Waals surface area contributed by atoms with Crippen molar-refractivity contribution >= 4 is 10.8 Å². The van der Waals surface area contributed by atoms with Crippen molar-refractivity contribution < 1.29 is 19.0 Å². The van der Waals surface area contributed by atoms with Gasteiger partial charge in [-0.05, 0) is 16.8 Å². The largest absolute Gasteiger partial charge is 0.508 e. The van der Waals surface area contributed by atoms with E-state index in [9.17, 15) is 19.0 Å². The first kappa shape index (κ1) is 16.1. The van der Waals surface area contributed by atoms with Crippen LogP contribution in [0, 0.1) is 0 Å². The lowest BCUT2D eigenvalue weighted by Gasteiger charge is -2.39. The van der Waals surface area contributed by atoms with Gasteiger partial charge in [-0.3, -0.25) is 4.90 Å². The van der Waals surface area contributed by atoms with Crippen LogP contribution in [0.1, 0.15) is 11.6 Å². The Morgan fingerprint density at radius 3 is 2.52 bits per heavy atom. The van der Waals surface area contributed by atoms with E-state index >= 15 is 0 Å². The van der Waals surface area contributed by atoms with Crippen LogP contribution in [0.25, 0.3) is 10.8 Å². The molecule has 0 unspecified atom stereocenters. The number of aromatic hydroxyl groups is 1. The fraction of sp³-hybridized carbons (Fsp3) is 0.412. The number of nitrogens with zero attached hydrogens (tertiary/aromatic N) is 1. The zero-order valence-corrected chi connectivity index (χ0v) is 12.7. The first-order valence-electron chi connectivity index (χ1n) is 7.68. The SMILES string of the molecule is OCC(F)(F)[C@@H](c1c(O)ccc2ccccc12)N1CCNCC1. The number of phenols is 1. The number of nitrogens with one attached hydrogen (secondary N) is 1. The first-order valence-corrected chi connectivity index (χ1v) is 7.68. The highest BCUT2D eigenvalue weighted by Crippen LogP contribution is 2.43. The second kappa shape index (κ2) is 6.39. The van der Waals surface area contributed by atoms with Gasteiger partial charge >= 0.3 is 0 Å². The molecule has 2 aromatic carbocycles. The standard InChI is InChI=1S/C17H20F2N2O2/c18-17(19,11-22)16(21-9-7-20-8-10-21)15-13-4-2-1-3-12(13)5-6-14(15)23/h1-6,16,20,22-23H,7-11H2/t16-/m1/s1. The topological polar surface area (TPSA) is 55.7 Å². The van der Waals surface area contributed by atoms with E-state index in [0.29, 0.717) is 31.6 Å².